The molecule has 0 unspecified atom stereocenters. The maximum atomic E-state index is 12.5. The fourth-order valence-electron chi connectivity index (χ4n) is 2.68. The third-order valence-electron chi connectivity index (χ3n) is 4.13. The zero-order valence-corrected chi connectivity index (χ0v) is 14.9. The topological polar surface area (TPSA) is 82.4 Å². The zero-order chi connectivity index (χ0) is 18.1. The molecule has 3 rings (SSSR count). The SMILES string of the molecule is Cc1sc(NC(=O)CN2C(=O)[C@@H](C)Oc3ccccc32)c(C#N)c1C. The predicted octanol–water partition coefficient (Wildman–Crippen LogP) is 2.99. The number of hydrogen-bond donors (Lipinski definition) is 1. The van der Waals surface area contributed by atoms with Gasteiger partial charge in [-0.25, -0.2) is 0 Å². The van der Waals surface area contributed by atoms with Crippen molar-refractivity contribution in [3.05, 3.63) is 40.3 Å². The second-order valence-corrected chi connectivity index (χ2v) is 7.02. The van der Waals surface area contributed by atoms with Crippen LogP contribution in [0.3, 0.4) is 0 Å². The van der Waals surface area contributed by atoms with Crippen molar-refractivity contribution in [2.75, 3.05) is 16.8 Å². The van der Waals surface area contributed by atoms with Crippen LogP contribution in [0.5, 0.6) is 5.75 Å². The molecule has 0 saturated carbocycles. The Morgan fingerprint density at radius 2 is 2.12 bits per heavy atom. The molecular formula is C18H17N3O3S. The van der Waals surface area contributed by atoms with E-state index in [1.54, 1.807) is 25.1 Å². The molecule has 0 fully saturated rings. The number of benzene rings is 1. The molecule has 25 heavy (non-hydrogen) atoms. The minimum atomic E-state index is -0.649. The molecule has 6 nitrogen and oxygen atoms in total. The van der Waals surface area contributed by atoms with Crippen LogP contribution in [-0.2, 0) is 9.59 Å². The van der Waals surface area contributed by atoms with Crippen LogP contribution in [0.15, 0.2) is 24.3 Å². The molecule has 0 aliphatic carbocycles. The molecule has 2 aromatic rings. The second kappa shape index (κ2) is 6.57. The zero-order valence-electron chi connectivity index (χ0n) is 14.1. The summed E-state index contributed by atoms with van der Waals surface area (Å²) < 4.78 is 5.57. The summed E-state index contributed by atoms with van der Waals surface area (Å²) >= 11 is 1.36. The summed E-state index contributed by atoms with van der Waals surface area (Å²) in [6, 6.07) is 9.23. The number of anilines is 2. The molecule has 1 aliphatic heterocycles. The molecule has 1 aromatic carbocycles. The van der Waals surface area contributed by atoms with E-state index in [0.29, 0.717) is 22.0 Å². The molecular weight excluding hydrogens is 338 g/mol. The molecule has 1 aliphatic rings. The van der Waals surface area contributed by atoms with Gasteiger partial charge in [0.1, 0.15) is 23.4 Å². The number of nitrogens with zero attached hydrogens (tertiary/aromatic N) is 2. The molecule has 0 radical (unpaired) electrons. The van der Waals surface area contributed by atoms with Gasteiger partial charge in [-0.05, 0) is 38.5 Å². The third kappa shape index (κ3) is 3.08. The number of aryl methyl sites for hydroxylation is 1. The first kappa shape index (κ1) is 17.0. The standard InChI is InChI=1S/C18H17N3O3S/c1-10-12(3)25-17(13(10)8-19)20-16(22)9-21-14-6-4-5-7-15(14)24-11(2)18(21)23/h4-7,11H,9H2,1-3H3,(H,20,22)/t11-/m1/s1. The maximum Gasteiger partial charge on any atom is 0.268 e. The van der Waals surface area contributed by atoms with Crippen LogP contribution in [-0.4, -0.2) is 24.5 Å². The van der Waals surface area contributed by atoms with E-state index in [-0.39, 0.29) is 18.4 Å². The lowest BCUT2D eigenvalue weighted by molar-refractivity contribution is -0.127. The molecule has 128 valence electrons. The van der Waals surface area contributed by atoms with Crippen LogP contribution in [0.25, 0.3) is 0 Å². The highest BCUT2D eigenvalue weighted by Crippen LogP contribution is 2.34. The Labute approximate surface area is 149 Å². The molecule has 2 amide bonds. The summed E-state index contributed by atoms with van der Waals surface area (Å²) in [4.78, 5) is 27.3. The summed E-state index contributed by atoms with van der Waals surface area (Å²) in [7, 11) is 0. The molecule has 2 heterocycles. The number of nitrogens with one attached hydrogen (secondary N) is 1. The van der Waals surface area contributed by atoms with E-state index >= 15 is 0 Å². The lowest BCUT2D eigenvalue weighted by Gasteiger charge is -2.32. The highest BCUT2D eigenvalue weighted by atomic mass is 32.1. The largest absolute Gasteiger partial charge is 0.479 e. The highest BCUT2D eigenvalue weighted by molar-refractivity contribution is 7.16. The predicted molar refractivity (Wildman–Crippen MR) is 96.0 cm³/mol. The lowest BCUT2D eigenvalue weighted by atomic mass is 10.2. The van der Waals surface area contributed by atoms with E-state index in [2.05, 4.69) is 11.4 Å². The van der Waals surface area contributed by atoms with Gasteiger partial charge in [-0.1, -0.05) is 12.1 Å². The van der Waals surface area contributed by atoms with Crippen LogP contribution < -0.4 is 15.0 Å². The van der Waals surface area contributed by atoms with E-state index < -0.39 is 6.10 Å². The first-order valence-corrected chi connectivity index (χ1v) is 8.61. The number of carbonyl (C=O) groups excluding carboxylic acids is 2. The number of para-hydroxylation sites is 2. The van der Waals surface area contributed by atoms with Crippen molar-refractivity contribution in [1.29, 1.82) is 5.26 Å². The Morgan fingerprint density at radius 3 is 2.84 bits per heavy atom. The van der Waals surface area contributed by atoms with Crippen molar-refractivity contribution in [3.8, 4) is 11.8 Å². The Kier molecular flexibility index (Phi) is 4.47. The van der Waals surface area contributed by atoms with Crippen LogP contribution in [0.1, 0.15) is 22.9 Å². The summed E-state index contributed by atoms with van der Waals surface area (Å²) in [6.45, 7) is 5.27. The summed E-state index contributed by atoms with van der Waals surface area (Å²) in [6.07, 6.45) is -0.649. The Balaban J connectivity index is 1.83. The smallest absolute Gasteiger partial charge is 0.268 e. The van der Waals surface area contributed by atoms with E-state index in [1.165, 1.54) is 16.2 Å². The van der Waals surface area contributed by atoms with Crippen LogP contribution in [0.2, 0.25) is 0 Å². The number of nitriles is 1. The van der Waals surface area contributed by atoms with E-state index in [0.717, 1.165) is 10.4 Å². The number of ether oxygens (including phenoxy) is 1. The Morgan fingerprint density at radius 1 is 1.40 bits per heavy atom. The van der Waals surface area contributed by atoms with Crippen molar-refractivity contribution >= 4 is 33.8 Å². The van der Waals surface area contributed by atoms with Crippen molar-refractivity contribution in [3.63, 3.8) is 0 Å². The first-order valence-electron chi connectivity index (χ1n) is 7.79. The molecule has 0 bridgehead atoms. The first-order chi connectivity index (χ1) is 11.9. The second-order valence-electron chi connectivity index (χ2n) is 5.80. The van der Waals surface area contributed by atoms with Gasteiger partial charge < -0.3 is 10.1 Å². The number of hydrogen-bond acceptors (Lipinski definition) is 5. The Hall–Kier alpha value is -2.85. The number of fused-ring (bicyclic) bond motifs is 1. The van der Waals surface area contributed by atoms with Gasteiger partial charge in [0.25, 0.3) is 5.91 Å². The fourth-order valence-corrected chi connectivity index (χ4v) is 3.71. The van der Waals surface area contributed by atoms with Crippen LogP contribution in [0, 0.1) is 25.2 Å². The van der Waals surface area contributed by atoms with Gasteiger partial charge in [-0.15, -0.1) is 11.3 Å². The van der Waals surface area contributed by atoms with Crippen LogP contribution >= 0.6 is 11.3 Å². The monoisotopic (exact) mass is 355 g/mol. The number of carbonyl (C=O) groups is 2. The van der Waals surface area contributed by atoms with Gasteiger partial charge >= 0.3 is 0 Å². The van der Waals surface area contributed by atoms with Gasteiger partial charge in [-0.3, -0.25) is 14.5 Å². The minimum absolute atomic E-state index is 0.135. The average molecular weight is 355 g/mol. The molecule has 0 spiro atoms. The van der Waals surface area contributed by atoms with Crippen molar-refractivity contribution in [1.82, 2.24) is 0 Å². The molecule has 1 N–H and O–H groups in total. The fraction of sp³-hybridized carbons (Fsp3) is 0.278. The summed E-state index contributed by atoms with van der Waals surface area (Å²) in [5.74, 6) is -0.0502. The number of rotatable bonds is 3. The molecule has 7 heteroatoms. The third-order valence-corrected chi connectivity index (χ3v) is 5.25. The molecule has 0 saturated heterocycles. The Bertz CT molecular complexity index is 897. The van der Waals surface area contributed by atoms with Gasteiger partial charge in [0.15, 0.2) is 6.10 Å². The minimum Gasteiger partial charge on any atom is -0.479 e. The van der Waals surface area contributed by atoms with Gasteiger partial charge in [0.2, 0.25) is 5.91 Å². The molecule has 1 aromatic heterocycles. The quantitative estimate of drug-likeness (QED) is 0.917. The van der Waals surface area contributed by atoms with Gasteiger partial charge in [0.05, 0.1) is 11.3 Å². The maximum absolute atomic E-state index is 12.5. The normalized spacial score (nSPS) is 16.0. The van der Waals surface area contributed by atoms with Crippen LogP contribution in [0.4, 0.5) is 10.7 Å². The van der Waals surface area contributed by atoms with Crippen molar-refractivity contribution in [2.24, 2.45) is 0 Å². The summed E-state index contributed by atoms with van der Waals surface area (Å²) in [5.41, 5.74) is 1.90. The van der Waals surface area contributed by atoms with E-state index in [1.807, 2.05) is 19.9 Å². The number of amides is 2. The van der Waals surface area contributed by atoms with E-state index in [9.17, 15) is 14.9 Å². The van der Waals surface area contributed by atoms with Crippen molar-refractivity contribution < 1.29 is 14.3 Å². The average Bonchev–Trinajstić information content (AvgIpc) is 2.85. The van der Waals surface area contributed by atoms with Crippen molar-refractivity contribution in [2.45, 2.75) is 26.9 Å². The summed E-state index contributed by atoms with van der Waals surface area (Å²) in [5, 5.41) is 12.6. The van der Waals surface area contributed by atoms with Gasteiger partial charge in [0, 0.05) is 4.88 Å². The number of thiophene rings is 1. The lowest BCUT2D eigenvalue weighted by Crippen LogP contribution is -2.47. The highest BCUT2D eigenvalue weighted by Gasteiger charge is 2.32. The molecule has 1 atom stereocenters. The van der Waals surface area contributed by atoms with Gasteiger partial charge in [-0.2, -0.15) is 5.26 Å². The van der Waals surface area contributed by atoms with E-state index in [4.69, 9.17) is 4.74 Å².